The number of carbonyl (C=O) groups excluding carboxylic acids is 1. The number of aryl methyl sites for hydroxylation is 1. The Labute approximate surface area is 105 Å². The van der Waals surface area contributed by atoms with Gasteiger partial charge in [-0.25, -0.2) is 0 Å². The van der Waals surface area contributed by atoms with E-state index in [0.29, 0.717) is 6.04 Å². The minimum Gasteiger partial charge on any atom is -0.335 e. The van der Waals surface area contributed by atoms with E-state index in [2.05, 4.69) is 15.9 Å². The number of hydrogen-bond donors (Lipinski definition) is 0. The second kappa shape index (κ2) is 5.00. The Morgan fingerprint density at radius 1 is 1.44 bits per heavy atom. The first kappa shape index (κ1) is 11.6. The van der Waals surface area contributed by atoms with Crippen molar-refractivity contribution < 1.29 is 4.79 Å². The number of alkyl halides is 1. The van der Waals surface area contributed by atoms with E-state index in [-0.39, 0.29) is 5.91 Å². The molecule has 1 aromatic carbocycles. The Morgan fingerprint density at radius 2 is 2.12 bits per heavy atom. The monoisotopic (exact) mass is 281 g/mol. The molecule has 0 saturated heterocycles. The molecular formula is C13H16BrNO. The molecule has 0 bridgehead atoms. The Kier molecular flexibility index (Phi) is 3.64. The first-order valence-corrected chi connectivity index (χ1v) is 6.78. The lowest BCUT2D eigenvalue weighted by molar-refractivity contribution is 0.0754. The van der Waals surface area contributed by atoms with Gasteiger partial charge in [0.05, 0.1) is 0 Å². The molecule has 1 aliphatic rings. The van der Waals surface area contributed by atoms with Crippen LogP contribution >= 0.6 is 15.9 Å². The van der Waals surface area contributed by atoms with Crippen LogP contribution in [-0.2, 0) is 0 Å². The minimum atomic E-state index is 0.181. The molecule has 1 aromatic rings. The third kappa shape index (κ3) is 2.46. The summed E-state index contributed by atoms with van der Waals surface area (Å²) < 4.78 is 0. The Hall–Kier alpha value is -0.830. The maximum absolute atomic E-state index is 12.3. The largest absolute Gasteiger partial charge is 0.335 e. The zero-order chi connectivity index (χ0) is 11.5. The maximum atomic E-state index is 12.3. The van der Waals surface area contributed by atoms with Gasteiger partial charge >= 0.3 is 0 Å². The SMILES string of the molecule is Cc1ccccc1C(=O)N(CCBr)C1CC1. The molecule has 0 aliphatic heterocycles. The second-order valence-electron chi connectivity index (χ2n) is 4.23. The smallest absolute Gasteiger partial charge is 0.254 e. The average Bonchev–Trinajstić information content (AvgIpc) is 3.09. The zero-order valence-corrected chi connectivity index (χ0v) is 11.0. The van der Waals surface area contributed by atoms with Crippen LogP contribution in [0.4, 0.5) is 0 Å². The molecule has 2 nitrogen and oxygen atoms in total. The number of nitrogens with zero attached hydrogens (tertiary/aromatic N) is 1. The molecule has 2 rings (SSSR count). The van der Waals surface area contributed by atoms with E-state index in [1.54, 1.807) is 0 Å². The van der Waals surface area contributed by atoms with Crippen LogP contribution in [0.2, 0.25) is 0 Å². The molecule has 0 atom stereocenters. The fourth-order valence-electron chi connectivity index (χ4n) is 1.89. The number of rotatable bonds is 4. The van der Waals surface area contributed by atoms with Gasteiger partial charge in [0.15, 0.2) is 0 Å². The van der Waals surface area contributed by atoms with Crippen molar-refractivity contribution in [3.8, 4) is 0 Å². The number of halogens is 1. The van der Waals surface area contributed by atoms with Crippen LogP contribution in [0.5, 0.6) is 0 Å². The summed E-state index contributed by atoms with van der Waals surface area (Å²) in [6.45, 7) is 2.80. The summed E-state index contributed by atoms with van der Waals surface area (Å²) in [5.41, 5.74) is 1.91. The third-order valence-corrected chi connectivity index (χ3v) is 3.30. The number of hydrogen-bond acceptors (Lipinski definition) is 1. The molecule has 16 heavy (non-hydrogen) atoms. The summed E-state index contributed by atoms with van der Waals surface area (Å²) in [5.74, 6) is 0.181. The van der Waals surface area contributed by atoms with Crippen LogP contribution in [0.15, 0.2) is 24.3 Å². The molecule has 0 aromatic heterocycles. The number of carbonyl (C=O) groups is 1. The number of benzene rings is 1. The lowest BCUT2D eigenvalue weighted by Gasteiger charge is -2.22. The lowest BCUT2D eigenvalue weighted by Crippen LogP contribution is -2.35. The van der Waals surface area contributed by atoms with Gasteiger partial charge in [-0.05, 0) is 31.4 Å². The predicted molar refractivity (Wildman–Crippen MR) is 69.0 cm³/mol. The molecule has 0 radical (unpaired) electrons. The van der Waals surface area contributed by atoms with Crippen molar-refractivity contribution in [3.63, 3.8) is 0 Å². The van der Waals surface area contributed by atoms with Gasteiger partial charge in [0, 0.05) is 23.5 Å². The second-order valence-corrected chi connectivity index (χ2v) is 5.03. The summed E-state index contributed by atoms with van der Waals surface area (Å²) in [7, 11) is 0. The summed E-state index contributed by atoms with van der Waals surface area (Å²) in [6, 6.07) is 8.29. The lowest BCUT2D eigenvalue weighted by atomic mass is 10.1. The fraction of sp³-hybridized carbons (Fsp3) is 0.462. The highest BCUT2D eigenvalue weighted by Gasteiger charge is 2.32. The maximum Gasteiger partial charge on any atom is 0.254 e. The van der Waals surface area contributed by atoms with E-state index in [1.165, 1.54) is 0 Å². The number of amides is 1. The highest BCUT2D eigenvalue weighted by Crippen LogP contribution is 2.28. The van der Waals surface area contributed by atoms with Crippen LogP contribution in [0, 0.1) is 6.92 Å². The summed E-state index contributed by atoms with van der Waals surface area (Å²) in [5, 5.41) is 0.848. The molecule has 0 heterocycles. The van der Waals surface area contributed by atoms with E-state index in [1.807, 2.05) is 36.1 Å². The average molecular weight is 282 g/mol. The molecule has 0 unspecified atom stereocenters. The molecule has 1 aliphatic carbocycles. The minimum absolute atomic E-state index is 0.181. The van der Waals surface area contributed by atoms with Crippen molar-refractivity contribution in [2.24, 2.45) is 0 Å². The molecule has 1 saturated carbocycles. The molecule has 1 fully saturated rings. The van der Waals surface area contributed by atoms with Gasteiger partial charge in [0.1, 0.15) is 0 Å². The topological polar surface area (TPSA) is 20.3 Å². The van der Waals surface area contributed by atoms with E-state index < -0.39 is 0 Å². The van der Waals surface area contributed by atoms with Gasteiger partial charge in [0.25, 0.3) is 5.91 Å². The Bertz CT molecular complexity index is 387. The van der Waals surface area contributed by atoms with Gasteiger partial charge < -0.3 is 4.90 Å². The standard InChI is InChI=1S/C13H16BrNO/c1-10-4-2-3-5-12(10)13(16)15(9-8-14)11-6-7-11/h2-5,11H,6-9H2,1H3. The normalized spacial score (nSPS) is 14.9. The molecular weight excluding hydrogens is 266 g/mol. The van der Waals surface area contributed by atoms with Crippen molar-refractivity contribution >= 4 is 21.8 Å². The molecule has 86 valence electrons. The fourth-order valence-corrected chi connectivity index (χ4v) is 2.28. The van der Waals surface area contributed by atoms with Crippen molar-refractivity contribution in [1.29, 1.82) is 0 Å². The summed E-state index contributed by atoms with van der Waals surface area (Å²) in [6.07, 6.45) is 2.31. The van der Waals surface area contributed by atoms with Crippen molar-refractivity contribution in [2.45, 2.75) is 25.8 Å². The van der Waals surface area contributed by atoms with E-state index in [9.17, 15) is 4.79 Å². The predicted octanol–water partition coefficient (Wildman–Crippen LogP) is 2.99. The van der Waals surface area contributed by atoms with Crippen LogP contribution in [0.25, 0.3) is 0 Å². The van der Waals surface area contributed by atoms with Crippen LogP contribution in [-0.4, -0.2) is 28.7 Å². The van der Waals surface area contributed by atoms with E-state index in [0.717, 1.165) is 35.8 Å². The van der Waals surface area contributed by atoms with Gasteiger partial charge in [-0.15, -0.1) is 0 Å². The van der Waals surface area contributed by atoms with Crippen molar-refractivity contribution in [1.82, 2.24) is 4.90 Å². The molecule has 0 spiro atoms. The van der Waals surface area contributed by atoms with Gasteiger partial charge in [0.2, 0.25) is 0 Å². The zero-order valence-electron chi connectivity index (χ0n) is 9.45. The Balaban J connectivity index is 2.19. The highest BCUT2D eigenvalue weighted by molar-refractivity contribution is 9.09. The van der Waals surface area contributed by atoms with Gasteiger partial charge in [-0.1, -0.05) is 34.1 Å². The first-order valence-electron chi connectivity index (χ1n) is 5.66. The molecule has 1 amide bonds. The quantitative estimate of drug-likeness (QED) is 0.777. The van der Waals surface area contributed by atoms with Crippen LogP contribution < -0.4 is 0 Å². The third-order valence-electron chi connectivity index (χ3n) is 2.95. The van der Waals surface area contributed by atoms with E-state index in [4.69, 9.17) is 0 Å². The Morgan fingerprint density at radius 3 is 2.69 bits per heavy atom. The van der Waals surface area contributed by atoms with Crippen molar-refractivity contribution in [3.05, 3.63) is 35.4 Å². The summed E-state index contributed by atoms with van der Waals surface area (Å²) in [4.78, 5) is 14.3. The van der Waals surface area contributed by atoms with Crippen LogP contribution in [0.1, 0.15) is 28.8 Å². The highest BCUT2D eigenvalue weighted by atomic mass is 79.9. The van der Waals surface area contributed by atoms with Crippen molar-refractivity contribution in [2.75, 3.05) is 11.9 Å². The molecule has 0 N–H and O–H groups in total. The molecule has 3 heteroatoms. The first-order chi connectivity index (χ1) is 7.74. The van der Waals surface area contributed by atoms with Gasteiger partial charge in [-0.3, -0.25) is 4.79 Å². The van der Waals surface area contributed by atoms with E-state index >= 15 is 0 Å². The van der Waals surface area contributed by atoms with Crippen LogP contribution in [0.3, 0.4) is 0 Å². The summed E-state index contributed by atoms with van der Waals surface area (Å²) >= 11 is 3.41. The van der Waals surface area contributed by atoms with Gasteiger partial charge in [-0.2, -0.15) is 0 Å².